The van der Waals surface area contributed by atoms with Gasteiger partial charge in [0.05, 0.1) is 6.61 Å². The highest BCUT2D eigenvalue weighted by molar-refractivity contribution is 6.09. The number of amidine groups is 1. The van der Waals surface area contributed by atoms with Crippen molar-refractivity contribution >= 4 is 16.6 Å². The number of ether oxygens (including phenoxy) is 1. The van der Waals surface area contributed by atoms with Crippen molar-refractivity contribution in [2.75, 3.05) is 19.7 Å². The van der Waals surface area contributed by atoms with Gasteiger partial charge < -0.3 is 9.64 Å². The summed E-state index contributed by atoms with van der Waals surface area (Å²) in [6, 6.07) is 12.5. The summed E-state index contributed by atoms with van der Waals surface area (Å²) >= 11 is 0. The maximum absolute atomic E-state index is 8.78. The summed E-state index contributed by atoms with van der Waals surface area (Å²) in [5, 5.41) is 11.0. The molecule has 28 heavy (non-hydrogen) atoms. The van der Waals surface area contributed by atoms with Gasteiger partial charge in [0.2, 0.25) is 0 Å². The Hall–Kier alpha value is -2.03. The van der Waals surface area contributed by atoms with Gasteiger partial charge in [0.15, 0.2) is 0 Å². The summed E-state index contributed by atoms with van der Waals surface area (Å²) in [4.78, 5) is 2.19. The van der Waals surface area contributed by atoms with E-state index in [0.717, 1.165) is 61.0 Å². The van der Waals surface area contributed by atoms with E-state index in [1.54, 1.807) is 0 Å². The van der Waals surface area contributed by atoms with Crippen LogP contribution in [0.4, 0.5) is 0 Å². The molecule has 0 radical (unpaired) electrons. The van der Waals surface area contributed by atoms with E-state index >= 15 is 0 Å². The highest BCUT2D eigenvalue weighted by atomic mass is 16.5. The molecule has 0 aliphatic rings. The van der Waals surface area contributed by atoms with Crippen LogP contribution in [-0.2, 0) is 0 Å². The van der Waals surface area contributed by atoms with Crippen molar-refractivity contribution in [2.45, 2.75) is 72.1 Å². The molecule has 2 rings (SSSR count). The fourth-order valence-corrected chi connectivity index (χ4v) is 3.71. The van der Waals surface area contributed by atoms with Crippen molar-refractivity contribution in [2.24, 2.45) is 0 Å². The number of nitrogens with zero attached hydrogens (tertiary/aromatic N) is 1. The number of rotatable bonds is 13. The number of unbranched alkanes of at least 4 members (excludes halogenated alkanes) is 5. The van der Waals surface area contributed by atoms with Crippen LogP contribution in [0.1, 0.15) is 77.7 Å². The lowest BCUT2D eigenvalue weighted by Crippen LogP contribution is -2.32. The molecule has 0 saturated heterocycles. The maximum atomic E-state index is 8.78. The Morgan fingerprint density at radius 3 is 2.11 bits per heavy atom. The highest BCUT2D eigenvalue weighted by Gasteiger charge is 2.15. The summed E-state index contributed by atoms with van der Waals surface area (Å²) in [5.41, 5.74) is 1.00. The van der Waals surface area contributed by atoms with Crippen LogP contribution in [0.15, 0.2) is 36.4 Å². The third-order valence-corrected chi connectivity index (χ3v) is 5.20. The van der Waals surface area contributed by atoms with E-state index in [9.17, 15) is 0 Å². The monoisotopic (exact) mass is 382 g/mol. The first-order chi connectivity index (χ1) is 13.7. The van der Waals surface area contributed by atoms with Crippen LogP contribution in [0.5, 0.6) is 5.75 Å². The first-order valence-electron chi connectivity index (χ1n) is 11.2. The van der Waals surface area contributed by atoms with E-state index in [-0.39, 0.29) is 0 Å². The molecule has 0 aliphatic heterocycles. The molecule has 0 saturated carbocycles. The molecule has 2 aromatic carbocycles. The second kappa shape index (κ2) is 12.4. The maximum Gasteiger partial charge on any atom is 0.128 e. The van der Waals surface area contributed by atoms with Gasteiger partial charge in [0.25, 0.3) is 0 Å². The van der Waals surface area contributed by atoms with Gasteiger partial charge in [0, 0.05) is 24.0 Å². The third-order valence-electron chi connectivity index (χ3n) is 5.20. The minimum Gasteiger partial charge on any atom is -0.493 e. The Balaban J connectivity index is 2.10. The molecule has 3 nitrogen and oxygen atoms in total. The molecule has 0 heterocycles. The molecule has 1 N–H and O–H groups in total. The Morgan fingerprint density at radius 2 is 1.43 bits per heavy atom. The molecule has 0 bridgehead atoms. The van der Waals surface area contributed by atoms with Crippen LogP contribution < -0.4 is 4.74 Å². The van der Waals surface area contributed by atoms with Crippen molar-refractivity contribution in [3.05, 3.63) is 42.0 Å². The number of benzene rings is 2. The fraction of sp³-hybridized carbons (Fsp3) is 0.560. The molecular formula is C25H38N2O. The lowest BCUT2D eigenvalue weighted by molar-refractivity contribution is 0.308. The molecule has 0 unspecified atom stereocenters. The van der Waals surface area contributed by atoms with E-state index in [1.807, 2.05) is 0 Å². The second-order valence-electron chi connectivity index (χ2n) is 7.61. The lowest BCUT2D eigenvalue weighted by atomic mass is 10.0. The van der Waals surface area contributed by atoms with Gasteiger partial charge in [-0.2, -0.15) is 0 Å². The molecule has 3 heteroatoms. The first-order valence-corrected chi connectivity index (χ1v) is 11.2. The standard InChI is InChI=1S/C25H38N2O/c1-4-7-8-9-10-13-20-28-24-17-16-23(21-14-11-12-15-22(21)24)25(26)27(18-5-2)19-6-3/h11-12,14-17,26H,4-10,13,18-20H2,1-3H3. The molecule has 0 aromatic heterocycles. The van der Waals surface area contributed by atoms with Crippen molar-refractivity contribution in [1.82, 2.24) is 4.90 Å². The Morgan fingerprint density at radius 1 is 0.786 bits per heavy atom. The molecular weight excluding hydrogens is 344 g/mol. The summed E-state index contributed by atoms with van der Waals surface area (Å²) in [5.74, 6) is 1.57. The summed E-state index contributed by atoms with van der Waals surface area (Å²) in [6.45, 7) is 9.22. The quantitative estimate of drug-likeness (QED) is 0.229. The highest BCUT2D eigenvalue weighted by Crippen LogP contribution is 2.29. The molecule has 0 fully saturated rings. The van der Waals surface area contributed by atoms with Gasteiger partial charge in [-0.15, -0.1) is 0 Å². The molecule has 154 valence electrons. The SMILES string of the molecule is CCCCCCCCOc1ccc(C(=N)N(CCC)CCC)c2ccccc12. The van der Waals surface area contributed by atoms with Crippen molar-refractivity contribution in [3.63, 3.8) is 0 Å². The van der Waals surface area contributed by atoms with Crippen LogP contribution in [0.3, 0.4) is 0 Å². The first kappa shape index (κ1) is 22.3. The number of hydrogen-bond donors (Lipinski definition) is 1. The summed E-state index contributed by atoms with van der Waals surface area (Å²) < 4.78 is 6.13. The van der Waals surface area contributed by atoms with Crippen LogP contribution in [0, 0.1) is 5.41 Å². The third kappa shape index (κ3) is 6.25. The van der Waals surface area contributed by atoms with Crippen LogP contribution in [0.2, 0.25) is 0 Å². The minimum absolute atomic E-state index is 0.627. The zero-order valence-electron chi connectivity index (χ0n) is 18.1. The topological polar surface area (TPSA) is 36.3 Å². The molecule has 0 atom stereocenters. The van der Waals surface area contributed by atoms with Crippen molar-refractivity contribution in [1.29, 1.82) is 5.41 Å². The van der Waals surface area contributed by atoms with E-state index in [4.69, 9.17) is 10.1 Å². The molecule has 0 spiro atoms. The van der Waals surface area contributed by atoms with Gasteiger partial charge >= 0.3 is 0 Å². The molecule has 0 amide bonds. The van der Waals surface area contributed by atoms with Crippen molar-refractivity contribution < 1.29 is 4.74 Å². The number of nitrogens with one attached hydrogen (secondary N) is 1. The Kier molecular flexibility index (Phi) is 9.88. The van der Waals surface area contributed by atoms with E-state index in [0.29, 0.717) is 5.84 Å². The average molecular weight is 383 g/mol. The predicted molar refractivity (Wildman–Crippen MR) is 122 cm³/mol. The largest absolute Gasteiger partial charge is 0.493 e. The zero-order valence-corrected chi connectivity index (χ0v) is 18.1. The predicted octanol–water partition coefficient (Wildman–Crippen LogP) is 7.03. The number of fused-ring (bicyclic) bond motifs is 1. The van der Waals surface area contributed by atoms with E-state index < -0.39 is 0 Å². The van der Waals surface area contributed by atoms with Crippen LogP contribution >= 0.6 is 0 Å². The summed E-state index contributed by atoms with van der Waals surface area (Å²) in [7, 11) is 0. The lowest BCUT2D eigenvalue weighted by Gasteiger charge is -2.25. The van der Waals surface area contributed by atoms with E-state index in [1.165, 1.54) is 32.1 Å². The molecule has 0 aliphatic carbocycles. The average Bonchev–Trinajstić information content (AvgIpc) is 2.72. The Labute approximate surface area is 171 Å². The Bertz CT molecular complexity index is 720. The van der Waals surface area contributed by atoms with Crippen LogP contribution in [-0.4, -0.2) is 30.4 Å². The van der Waals surface area contributed by atoms with Gasteiger partial charge in [-0.3, -0.25) is 5.41 Å². The minimum atomic E-state index is 0.627. The van der Waals surface area contributed by atoms with Gasteiger partial charge in [0.1, 0.15) is 11.6 Å². The smallest absolute Gasteiger partial charge is 0.128 e. The zero-order chi connectivity index (χ0) is 20.2. The van der Waals surface area contributed by atoms with Crippen LogP contribution in [0.25, 0.3) is 10.8 Å². The number of hydrogen-bond acceptors (Lipinski definition) is 2. The molecule has 2 aromatic rings. The van der Waals surface area contributed by atoms with Gasteiger partial charge in [-0.25, -0.2) is 0 Å². The normalized spacial score (nSPS) is 11.0. The fourth-order valence-electron chi connectivity index (χ4n) is 3.71. The van der Waals surface area contributed by atoms with Gasteiger partial charge in [-0.05, 0) is 36.8 Å². The van der Waals surface area contributed by atoms with Gasteiger partial charge in [-0.1, -0.05) is 77.1 Å². The second-order valence-corrected chi connectivity index (χ2v) is 7.61. The van der Waals surface area contributed by atoms with E-state index in [2.05, 4.69) is 62.1 Å². The summed E-state index contributed by atoms with van der Waals surface area (Å²) in [6.07, 6.45) is 9.73. The van der Waals surface area contributed by atoms with Crippen molar-refractivity contribution in [3.8, 4) is 5.75 Å².